The van der Waals surface area contributed by atoms with Crippen LogP contribution in [0.5, 0.6) is 0 Å². The zero-order valence-corrected chi connectivity index (χ0v) is 19.4. The summed E-state index contributed by atoms with van der Waals surface area (Å²) in [7, 11) is 0. The fourth-order valence-corrected chi connectivity index (χ4v) is 7.36. The zero-order chi connectivity index (χ0) is 24.7. The van der Waals surface area contributed by atoms with Crippen LogP contribution >= 0.6 is 0 Å². The van der Waals surface area contributed by atoms with Crippen LogP contribution in [0.1, 0.15) is 77.9 Å². The van der Waals surface area contributed by atoms with Crippen LogP contribution in [-0.4, -0.2) is 11.6 Å². The molecule has 1 spiro atoms. The Hall–Kier alpha value is -2.76. The molecular formula is C29H26F4O2. The number of hydrogen-bond acceptors (Lipinski definition) is 2. The number of Topliss-reactive ketones (excluding diaryl/α,β-unsaturated/α-hetero) is 2. The average molecular weight is 483 g/mol. The van der Waals surface area contributed by atoms with Gasteiger partial charge in [-0.3, -0.25) is 9.59 Å². The Morgan fingerprint density at radius 3 is 2.31 bits per heavy atom. The molecule has 0 aliphatic heterocycles. The summed E-state index contributed by atoms with van der Waals surface area (Å²) in [6, 6.07) is 9.36. The highest BCUT2D eigenvalue weighted by molar-refractivity contribution is 6.04. The summed E-state index contributed by atoms with van der Waals surface area (Å²) in [5, 5.41) is 0. The normalized spacial score (nSPS) is 31.2. The average Bonchev–Trinajstić information content (AvgIpc) is 2.80. The first-order valence-corrected chi connectivity index (χ1v) is 12.3. The van der Waals surface area contributed by atoms with Crippen molar-refractivity contribution >= 4 is 11.6 Å². The highest BCUT2D eigenvalue weighted by Crippen LogP contribution is 2.61. The first kappa shape index (κ1) is 22.7. The maximum absolute atomic E-state index is 13.9. The van der Waals surface area contributed by atoms with Crippen molar-refractivity contribution in [3.63, 3.8) is 0 Å². The molecule has 0 N–H and O–H groups in total. The van der Waals surface area contributed by atoms with Crippen molar-refractivity contribution in [1.82, 2.24) is 0 Å². The van der Waals surface area contributed by atoms with Gasteiger partial charge < -0.3 is 0 Å². The highest BCUT2D eigenvalue weighted by Gasteiger charge is 2.56. The molecular weight excluding hydrogens is 456 g/mol. The van der Waals surface area contributed by atoms with Gasteiger partial charge >= 0.3 is 6.18 Å². The van der Waals surface area contributed by atoms with Gasteiger partial charge in [0, 0.05) is 29.7 Å². The molecule has 182 valence electrons. The topological polar surface area (TPSA) is 34.1 Å². The van der Waals surface area contributed by atoms with Crippen molar-refractivity contribution in [1.29, 1.82) is 0 Å². The summed E-state index contributed by atoms with van der Waals surface area (Å²) >= 11 is 0. The summed E-state index contributed by atoms with van der Waals surface area (Å²) in [6.07, 6.45) is 2.06. The summed E-state index contributed by atoms with van der Waals surface area (Å²) in [6.45, 7) is 1.86. The lowest BCUT2D eigenvalue weighted by molar-refractivity contribution is -0.138. The number of halogens is 4. The fourth-order valence-electron chi connectivity index (χ4n) is 7.36. The van der Waals surface area contributed by atoms with E-state index in [9.17, 15) is 27.2 Å². The second-order valence-corrected chi connectivity index (χ2v) is 11.0. The molecule has 0 bridgehead atoms. The molecule has 2 saturated carbocycles. The van der Waals surface area contributed by atoms with E-state index >= 15 is 0 Å². The highest BCUT2D eigenvalue weighted by atomic mass is 19.4. The van der Waals surface area contributed by atoms with Gasteiger partial charge in [-0.15, -0.1) is 0 Å². The van der Waals surface area contributed by atoms with E-state index < -0.39 is 29.4 Å². The maximum Gasteiger partial charge on any atom is 0.416 e. The van der Waals surface area contributed by atoms with Crippen LogP contribution < -0.4 is 0 Å². The molecule has 0 heterocycles. The molecule has 2 fully saturated rings. The van der Waals surface area contributed by atoms with Crippen LogP contribution in [-0.2, 0) is 11.0 Å². The van der Waals surface area contributed by atoms with Gasteiger partial charge in [-0.05, 0) is 66.0 Å². The van der Waals surface area contributed by atoms with Crippen LogP contribution in [0, 0.1) is 29.0 Å². The maximum atomic E-state index is 13.9. The molecule has 35 heavy (non-hydrogen) atoms. The van der Waals surface area contributed by atoms with Gasteiger partial charge in [0.2, 0.25) is 0 Å². The molecule has 2 aromatic carbocycles. The van der Waals surface area contributed by atoms with Gasteiger partial charge in [0.1, 0.15) is 11.6 Å². The van der Waals surface area contributed by atoms with Crippen LogP contribution in [0.25, 0.3) is 0 Å². The van der Waals surface area contributed by atoms with Crippen molar-refractivity contribution in [3.8, 4) is 0 Å². The van der Waals surface area contributed by atoms with Crippen LogP contribution in [0.3, 0.4) is 0 Å². The molecule has 0 radical (unpaired) electrons. The van der Waals surface area contributed by atoms with Crippen LogP contribution in [0.15, 0.2) is 54.1 Å². The summed E-state index contributed by atoms with van der Waals surface area (Å²) in [5.74, 6) is -2.40. The van der Waals surface area contributed by atoms with Crippen molar-refractivity contribution in [2.45, 2.75) is 57.0 Å². The van der Waals surface area contributed by atoms with E-state index in [2.05, 4.69) is 6.08 Å². The molecule has 5 atom stereocenters. The van der Waals surface area contributed by atoms with Gasteiger partial charge in [-0.25, -0.2) is 4.39 Å². The number of allylic oxidation sites excluding steroid dienone is 2. The lowest BCUT2D eigenvalue weighted by Gasteiger charge is -2.54. The van der Waals surface area contributed by atoms with E-state index in [1.165, 1.54) is 18.2 Å². The Morgan fingerprint density at radius 1 is 0.971 bits per heavy atom. The Kier molecular flexibility index (Phi) is 4.94. The number of fused-ring (bicyclic) bond motifs is 3. The molecule has 0 aromatic heterocycles. The SMILES string of the molecule is CC1C2=CC3CC4(CCC4)CC(=O)C3C(c3ccc(F)cc3)C2C(=O)c2ccc(C(F)(F)F)cc21. The van der Waals surface area contributed by atoms with Gasteiger partial charge in [0.15, 0.2) is 5.78 Å². The fraction of sp³-hybridized carbons (Fsp3) is 0.448. The van der Waals surface area contributed by atoms with Crippen molar-refractivity contribution in [2.75, 3.05) is 0 Å². The first-order chi connectivity index (χ1) is 16.6. The first-order valence-electron chi connectivity index (χ1n) is 12.3. The minimum Gasteiger partial charge on any atom is -0.299 e. The Bertz CT molecular complexity index is 1250. The van der Waals surface area contributed by atoms with E-state index in [0.717, 1.165) is 49.0 Å². The van der Waals surface area contributed by atoms with Gasteiger partial charge in [0.25, 0.3) is 0 Å². The van der Waals surface area contributed by atoms with Gasteiger partial charge in [0.05, 0.1) is 11.5 Å². The van der Waals surface area contributed by atoms with E-state index in [1.54, 1.807) is 12.1 Å². The van der Waals surface area contributed by atoms with Crippen LogP contribution in [0.2, 0.25) is 0 Å². The summed E-state index contributed by atoms with van der Waals surface area (Å²) < 4.78 is 54.2. The van der Waals surface area contributed by atoms with Crippen molar-refractivity contribution < 1.29 is 27.2 Å². The zero-order valence-electron chi connectivity index (χ0n) is 19.4. The Morgan fingerprint density at radius 2 is 1.69 bits per heavy atom. The molecule has 6 rings (SSSR count). The minimum atomic E-state index is -4.50. The summed E-state index contributed by atoms with van der Waals surface area (Å²) in [4.78, 5) is 27.5. The molecule has 4 aliphatic rings. The molecule has 6 heteroatoms. The number of carbonyl (C=O) groups is 2. The minimum absolute atomic E-state index is 0.0127. The van der Waals surface area contributed by atoms with E-state index in [1.807, 2.05) is 6.92 Å². The van der Waals surface area contributed by atoms with Gasteiger partial charge in [-0.1, -0.05) is 43.2 Å². The second-order valence-electron chi connectivity index (χ2n) is 11.0. The number of benzene rings is 2. The van der Waals surface area contributed by atoms with Crippen molar-refractivity contribution in [2.24, 2.45) is 23.2 Å². The van der Waals surface area contributed by atoms with E-state index in [0.29, 0.717) is 12.0 Å². The van der Waals surface area contributed by atoms with Crippen molar-refractivity contribution in [3.05, 3.63) is 82.2 Å². The monoisotopic (exact) mass is 482 g/mol. The number of hydrogen-bond donors (Lipinski definition) is 0. The Labute approximate surface area is 201 Å². The lowest BCUT2D eigenvalue weighted by Crippen LogP contribution is -2.50. The van der Waals surface area contributed by atoms with E-state index in [-0.39, 0.29) is 40.3 Å². The second kappa shape index (κ2) is 7.62. The predicted octanol–water partition coefficient (Wildman–Crippen LogP) is 7.25. The number of carbonyl (C=O) groups excluding carboxylic acids is 2. The number of rotatable bonds is 1. The Balaban J connectivity index is 1.52. The molecule has 2 nitrogen and oxygen atoms in total. The molecule has 2 aromatic rings. The lowest BCUT2D eigenvalue weighted by atomic mass is 9.49. The third-order valence-corrected chi connectivity index (χ3v) is 9.13. The van der Waals surface area contributed by atoms with Crippen LogP contribution in [0.4, 0.5) is 17.6 Å². The third kappa shape index (κ3) is 3.43. The predicted molar refractivity (Wildman–Crippen MR) is 122 cm³/mol. The largest absolute Gasteiger partial charge is 0.416 e. The number of ketones is 2. The van der Waals surface area contributed by atoms with E-state index in [4.69, 9.17) is 0 Å². The quantitative estimate of drug-likeness (QED) is 0.317. The smallest absolute Gasteiger partial charge is 0.299 e. The molecule has 4 aliphatic carbocycles. The molecule has 0 saturated heterocycles. The molecule has 0 amide bonds. The van der Waals surface area contributed by atoms with Gasteiger partial charge in [-0.2, -0.15) is 13.2 Å². The third-order valence-electron chi connectivity index (χ3n) is 9.13. The molecule has 5 unspecified atom stereocenters. The summed E-state index contributed by atoms with van der Waals surface area (Å²) in [5.41, 5.74) is 1.48. The standard InChI is InChI=1S/C29H26F4O2/c1-15-21-12-18(29(31,32)33)5-8-20(21)27(35)26-22(15)11-17-13-28(9-2-10-28)14-23(34)24(17)25(26)16-3-6-19(30)7-4-16/h3-8,11-12,15,17,24-26H,2,9-10,13-14H2,1H3. The number of alkyl halides is 3.